The summed E-state index contributed by atoms with van der Waals surface area (Å²) in [5.74, 6) is 0.543. The van der Waals surface area contributed by atoms with Gasteiger partial charge in [0.1, 0.15) is 0 Å². The van der Waals surface area contributed by atoms with Crippen molar-refractivity contribution < 1.29 is 9.53 Å². The van der Waals surface area contributed by atoms with Crippen molar-refractivity contribution in [2.24, 2.45) is 11.7 Å². The third-order valence-electron chi connectivity index (χ3n) is 3.91. The first-order valence-electron chi connectivity index (χ1n) is 6.28. The van der Waals surface area contributed by atoms with Gasteiger partial charge in [-0.3, -0.25) is 4.79 Å². The van der Waals surface area contributed by atoms with Crippen LogP contribution in [0.15, 0.2) is 0 Å². The van der Waals surface area contributed by atoms with Crippen LogP contribution in [0.25, 0.3) is 0 Å². The fraction of sp³-hybridized carbons (Fsp3) is 0.917. The van der Waals surface area contributed by atoms with E-state index in [0.717, 1.165) is 45.2 Å². The lowest BCUT2D eigenvalue weighted by atomic mass is 9.85. The van der Waals surface area contributed by atoms with Crippen LogP contribution in [0, 0.1) is 5.92 Å². The number of likely N-dealkylation sites (tertiary alicyclic amines) is 1. The average Bonchev–Trinajstić information content (AvgIpc) is 2.77. The van der Waals surface area contributed by atoms with E-state index in [0.29, 0.717) is 11.9 Å². The summed E-state index contributed by atoms with van der Waals surface area (Å²) in [6, 6.07) is 0.314. The number of hydrogen-bond acceptors (Lipinski definition) is 3. The molecular weight excluding hydrogens is 204 g/mol. The van der Waals surface area contributed by atoms with Crippen LogP contribution in [0.4, 0.5) is 0 Å². The van der Waals surface area contributed by atoms with E-state index in [2.05, 4.69) is 0 Å². The van der Waals surface area contributed by atoms with E-state index < -0.39 is 0 Å². The zero-order chi connectivity index (χ0) is 11.5. The fourth-order valence-corrected chi connectivity index (χ4v) is 2.75. The summed E-state index contributed by atoms with van der Waals surface area (Å²) in [4.78, 5) is 14.2. The van der Waals surface area contributed by atoms with Gasteiger partial charge in [0.2, 0.25) is 5.91 Å². The molecule has 16 heavy (non-hydrogen) atoms. The molecule has 1 amide bonds. The molecule has 1 unspecified atom stereocenters. The predicted molar refractivity (Wildman–Crippen MR) is 61.9 cm³/mol. The van der Waals surface area contributed by atoms with Crippen LogP contribution >= 0.6 is 0 Å². The molecule has 1 heterocycles. The summed E-state index contributed by atoms with van der Waals surface area (Å²) in [7, 11) is 1.72. The van der Waals surface area contributed by atoms with E-state index in [-0.39, 0.29) is 12.0 Å². The van der Waals surface area contributed by atoms with Crippen molar-refractivity contribution in [2.75, 3.05) is 20.2 Å². The second-order valence-corrected chi connectivity index (χ2v) is 5.04. The molecule has 0 bridgehead atoms. The van der Waals surface area contributed by atoms with Crippen LogP contribution < -0.4 is 5.73 Å². The Bertz CT molecular complexity index is 245. The van der Waals surface area contributed by atoms with Crippen LogP contribution in [0.5, 0.6) is 0 Å². The lowest BCUT2D eigenvalue weighted by Gasteiger charge is -2.28. The first kappa shape index (κ1) is 11.9. The molecule has 1 atom stereocenters. The number of amides is 1. The highest BCUT2D eigenvalue weighted by atomic mass is 16.5. The van der Waals surface area contributed by atoms with Gasteiger partial charge in [-0.15, -0.1) is 0 Å². The maximum Gasteiger partial charge on any atom is 0.225 e. The highest BCUT2D eigenvalue weighted by molar-refractivity contribution is 5.79. The fourth-order valence-electron chi connectivity index (χ4n) is 2.75. The number of rotatable bonds is 2. The molecule has 0 radical (unpaired) electrons. The van der Waals surface area contributed by atoms with E-state index in [4.69, 9.17) is 10.5 Å². The monoisotopic (exact) mass is 226 g/mol. The van der Waals surface area contributed by atoms with Gasteiger partial charge in [-0.1, -0.05) is 0 Å². The Balaban J connectivity index is 1.83. The van der Waals surface area contributed by atoms with Crippen LogP contribution in [0.1, 0.15) is 32.1 Å². The Morgan fingerprint density at radius 1 is 1.25 bits per heavy atom. The zero-order valence-electron chi connectivity index (χ0n) is 10.0. The minimum Gasteiger partial charge on any atom is -0.380 e. The van der Waals surface area contributed by atoms with Crippen molar-refractivity contribution in [1.82, 2.24) is 4.90 Å². The number of carbonyl (C=O) groups excluding carboxylic acids is 1. The summed E-state index contributed by atoms with van der Waals surface area (Å²) < 4.78 is 5.28. The van der Waals surface area contributed by atoms with E-state index in [1.807, 2.05) is 4.90 Å². The summed E-state index contributed by atoms with van der Waals surface area (Å²) in [5.41, 5.74) is 5.85. The Morgan fingerprint density at radius 3 is 2.50 bits per heavy atom. The van der Waals surface area contributed by atoms with Gasteiger partial charge in [0.25, 0.3) is 0 Å². The smallest absolute Gasteiger partial charge is 0.225 e. The van der Waals surface area contributed by atoms with Crippen molar-refractivity contribution >= 4 is 5.91 Å². The number of ether oxygens (including phenoxy) is 1. The first-order valence-corrected chi connectivity index (χ1v) is 6.28. The molecule has 2 rings (SSSR count). The molecule has 1 aliphatic heterocycles. The van der Waals surface area contributed by atoms with Gasteiger partial charge in [0, 0.05) is 32.2 Å². The highest BCUT2D eigenvalue weighted by Crippen LogP contribution is 2.26. The van der Waals surface area contributed by atoms with Crippen molar-refractivity contribution in [3.8, 4) is 0 Å². The minimum atomic E-state index is 0.218. The van der Waals surface area contributed by atoms with Crippen molar-refractivity contribution in [3.63, 3.8) is 0 Å². The maximum absolute atomic E-state index is 12.2. The molecule has 4 heteroatoms. The standard InChI is InChI=1S/C12H22N2O2/c1-16-11-6-7-14(8-11)12(15)9-2-4-10(13)5-3-9/h9-11H,2-8,13H2,1H3. The van der Waals surface area contributed by atoms with Gasteiger partial charge in [-0.25, -0.2) is 0 Å². The molecule has 2 fully saturated rings. The molecule has 0 aromatic rings. The quantitative estimate of drug-likeness (QED) is 0.756. The second-order valence-electron chi connectivity index (χ2n) is 5.04. The summed E-state index contributed by atoms with van der Waals surface area (Å²) in [6.07, 6.45) is 5.15. The third kappa shape index (κ3) is 2.55. The minimum absolute atomic E-state index is 0.218. The van der Waals surface area contributed by atoms with Crippen molar-refractivity contribution in [1.29, 1.82) is 0 Å². The average molecular weight is 226 g/mol. The van der Waals surface area contributed by atoms with Gasteiger partial charge in [-0.05, 0) is 32.1 Å². The lowest BCUT2D eigenvalue weighted by molar-refractivity contribution is -0.136. The van der Waals surface area contributed by atoms with Gasteiger partial charge < -0.3 is 15.4 Å². The van der Waals surface area contributed by atoms with Crippen LogP contribution in [-0.2, 0) is 9.53 Å². The van der Waals surface area contributed by atoms with E-state index in [1.54, 1.807) is 7.11 Å². The molecule has 4 nitrogen and oxygen atoms in total. The third-order valence-corrected chi connectivity index (χ3v) is 3.91. The highest BCUT2D eigenvalue weighted by Gasteiger charge is 2.32. The first-order chi connectivity index (χ1) is 7.70. The Hall–Kier alpha value is -0.610. The SMILES string of the molecule is COC1CCN(C(=O)C2CCC(N)CC2)C1. The number of methoxy groups -OCH3 is 1. The van der Waals surface area contributed by atoms with Gasteiger partial charge in [-0.2, -0.15) is 0 Å². The molecule has 0 aromatic heterocycles. The molecular formula is C12H22N2O2. The van der Waals surface area contributed by atoms with Crippen LogP contribution in [0.3, 0.4) is 0 Å². The Kier molecular flexibility index (Phi) is 3.82. The maximum atomic E-state index is 12.2. The number of nitrogens with two attached hydrogens (primary N) is 1. The van der Waals surface area contributed by atoms with Crippen molar-refractivity contribution in [2.45, 2.75) is 44.2 Å². The van der Waals surface area contributed by atoms with Crippen molar-refractivity contribution in [3.05, 3.63) is 0 Å². The lowest BCUT2D eigenvalue weighted by Crippen LogP contribution is -2.38. The molecule has 2 aliphatic rings. The van der Waals surface area contributed by atoms with Crippen LogP contribution in [-0.4, -0.2) is 43.2 Å². The predicted octanol–water partition coefficient (Wildman–Crippen LogP) is 0.751. The molecule has 2 N–H and O–H groups in total. The Morgan fingerprint density at radius 2 is 1.94 bits per heavy atom. The van der Waals surface area contributed by atoms with E-state index in [9.17, 15) is 4.79 Å². The summed E-state index contributed by atoms with van der Waals surface area (Å²) in [6.45, 7) is 1.64. The van der Waals surface area contributed by atoms with E-state index >= 15 is 0 Å². The van der Waals surface area contributed by atoms with Gasteiger partial charge in [0.15, 0.2) is 0 Å². The van der Waals surface area contributed by atoms with E-state index in [1.165, 1.54) is 0 Å². The topological polar surface area (TPSA) is 55.6 Å². The molecule has 1 saturated carbocycles. The molecule has 92 valence electrons. The largest absolute Gasteiger partial charge is 0.380 e. The van der Waals surface area contributed by atoms with Crippen LogP contribution in [0.2, 0.25) is 0 Å². The molecule has 0 aromatic carbocycles. The number of nitrogens with zero attached hydrogens (tertiary/aromatic N) is 1. The molecule has 1 aliphatic carbocycles. The van der Waals surface area contributed by atoms with Gasteiger partial charge in [0.05, 0.1) is 6.10 Å². The molecule has 1 saturated heterocycles. The number of carbonyl (C=O) groups is 1. The van der Waals surface area contributed by atoms with Gasteiger partial charge >= 0.3 is 0 Å². The number of hydrogen-bond donors (Lipinski definition) is 1. The Labute approximate surface area is 97.1 Å². The zero-order valence-corrected chi connectivity index (χ0v) is 10.0. The summed E-state index contributed by atoms with van der Waals surface area (Å²) >= 11 is 0. The normalized spacial score (nSPS) is 35.4. The second kappa shape index (κ2) is 5.15. The molecule has 0 spiro atoms. The summed E-state index contributed by atoms with van der Waals surface area (Å²) in [5, 5.41) is 0.